The van der Waals surface area contributed by atoms with E-state index in [1.807, 2.05) is 13.0 Å². The van der Waals surface area contributed by atoms with Gasteiger partial charge in [0, 0.05) is 4.88 Å². The zero-order valence-corrected chi connectivity index (χ0v) is 13.6. The van der Waals surface area contributed by atoms with Crippen molar-refractivity contribution in [3.63, 3.8) is 0 Å². The van der Waals surface area contributed by atoms with Gasteiger partial charge in [-0.05, 0) is 43.2 Å². The second-order valence-electron chi connectivity index (χ2n) is 4.64. The van der Waals surface area contributed by atoms with Gasteiger partial charge in [0.05, 0.1) is 19.4 Å². The fraction of sp³-hybridized carbons (Fsp3) is 0.286. The van der Waals surface area contributed by atoms with E-state index >= 15 is 0 Å². The summed E-state index contributed by atoms with van der Waals surface area (Å²) in [6, 6.07) is 6.83. The molecule has 2 N–H and O–H groups in total. The Morgan fingerprint density at radius 3 is 2.57 bits per heavy atom. The molecule has 0 unspecified atom stereocenters. The maximum Gasteiger partial charge on any atom is 0.271 e. The lowest BCUT2D eigenvalue weighted by molar-refractivity contribution is 0.285. The molecule has 5 nitrogen and oxygen atoms in total. The predicted octanol–water partition coefficient (Wildman–Crippen LogP) is 2.67. The number of thiophene rings is 1. The molecule has 0 saturated heterocycles. The van der Waals surface area contributed by atoms with E-state index in [0.717, 1.165) is 22.5 Å². The number of anilines is 1. The third kappa shape index (κ3) is 3.37. The maximum atomic E-state index is 12.4. The van der Waals surface area contributed by atoms with Gasteiger partial charge < -0.3 is 9.84 Å². The van der Waals surface area contributed by atoms with Crippen LogP contribution in [0.4, 0.5) is 5.69 Å². The highest BCUT2D eigenvalue weighted by Gasteiger charge is 2.20. The lowest BCUT2D eigenvalue weighted by Gasteiger charge is -2.11. The first-order valence-corrected chi connectivity index (χ1v) is 8.55. The highest BCUT2D eigenvalue weighted by atomic mass is 32.2. The average molecular weight is 327 g/mol. The van der Waals surface area contributed by atoms with Crippen LogP contribution in [0.2, 0.25) is 0 Å². The second-order valence-corrected chi connectivity index (χ2v) is 7.68. The van der Waals surface area contributed by atoms with Crippen molar-refractivity contribution in [1.29, 1.82) is 0 Å². The van der Waals surface area contributed by atoms with Crippen LogP contribution >= 0.6 is 11.3 Å². The molecule has 0 amide bonds. The Labute approximate surface area is 128 Å². The number of hydrogen-bond donors (Lipinski definition) is 2. The molecule has 0 spiro atoms. The number of nitrogens with one attached hydrogen (secondary N) is 1. The number of aliphatic hydroxyl groups excluding tert-OH is 1. The molecule has 2 aromatic rings. The van der Waals surface area contributed by atoms with Crippen LogP contribution in [0, 0.1) is 13.8 Å². The lowest BCUT2D eigenvalue weighted by atomic mass is 10.2. The maximum absolute atomic E-state index is 12.4. The summed E-state index contributed by atoms with van der Waals surface area (Å²) in [5.41, 5.74) is 2.08. The van der Waals surface area contributed by atoms with Crippen molar-refractivity contribution < 1.29 is 18.3 Å². The molecule has 2 rings (SSSR count). The largest absolute Gasteiger partial charge is 0.495 e. The van der Waals surface area contributed by atoms with Gasteiger partial charge in [-0.1, -0.05) is 6.07 Å². The van der Waals surface area contributed by atoms with Crippen LogP contribution in [0.1, 0.15) is 16.0 Å². The quantitative estimate of drug-likeness (QED) is 0.885. The van der Waals surface area contributed by atoms with Crippen LogP contribution in [0.5, 0.6) is 5.75 Å². The Morgan fingerprint density at radius 2 is 2.00 bits per heavy atom. The first kappa shape index (κ1) is 15.8. The molecular weight excluding hydrogens is 310 g/mol. The molecule has 1 aromatic heterocycles. The molecule has 114 valence electrons. The van der Waals surface area contributed by atoms with Gasteiger partial charge in [0.1, 0.15) is 9.96 Å². The van der Waals surface area contributed by atoms with Crippen molar-refractivity contribution in [2.75, 3.05) is 11.8 Å². The Balaban J connectivity index is 2.39. The average Bonchev–Trinajstić information content (AvgIpc) is 2.81. The molecule has 1 aromatic carbocycles. The molecule has 21 heavy (non-hydrogen) atoms. The van der Waals surface area contributed by atoms with Crippen LogP contribution < -0.4 is 9.46 Å². The first-order chi connectivity index (χ1) is 9.87. The number of ether oxygens (including phenoxy) is 1. The second kappa shape index (κ2) is 6.05. The minimum absolute atomic E-state index is 0.167. The van der Waals surface area contributed by atoms with Gasteiger partial charge in [-0.25, -0.2) is 8.42 Å². The lowest BCUT2D eigenvalue weighted by Crippen LogP contribution is -2.12. The molecule has 1 heterocycles. The van der Waals surface area contributed by atoms with E-state index in [0.29, 0.717) is 16.3 Å². The highest BCUT2D eigenvalue weighted by molar-refractivity contribution is 7.94. The summed E-state index contributed by atoms with van der Waals surface area (Å²) in [5.74, 6) is 0.458. The Morgan fingerprint density at radius 1 is 1.29 bits per heavy atom. The van der Waals surface area contributed by atoms with E-state index in [1.54, 1.807) is 25.1 Å². The smallest absolute Gasteiger partial charge is 0.271 e. The summed E-state index contributed by atoms with van der Waals surface area (Å²) in [7, 11) is -2.21. The zero-order chi connectivity index (χ0) is 15.6. The predicted molar refractivity (Wildman–Crippen MR) is 83.5 cm³/mol. The third-order valence-electron chi connectivity index (χ3n) is 3.01. The summed E-state index contributed by atoms with van der Waals surface area (Å²) in [4.78, 5) is 0.645. The summed E-state index contributed by atoms with van der Waals surface area (Å²) in [6.07, 6.45) is 0. The number of sulfonamides is 1. The normalized spacial score (nSPS) is 11.4. The van der Waals surface area contributed by atoms with Gasteiger partial charge in [0.15, 0.2) is 0 Å². The van der Waals surface area contributed by atoms with Crippen molar-refractivity contribution in [3.8, 4) is 5.75 Å². The van der Waals surface area contributed by atoms with Gasteiger partial charge in [-0.3, -0.25) is 4.72 Å². The summed E-state index contributed by atoms with van der Waals surface area (Å²) in [5, 5.41) is 9.18. The van der Waals surface area contributed by atoms with Gasteiger partial charge >= 0.3 is 0 Å². The standard InChI is InChI=1S/C14H17NO4S2/c1-9-4-5-12(19-3)11(6-9)15-21(17,18)14-7-10(2)13(8-16)20-14/h4-7,15-16H,8H2,1-3H3. The zero-order valence-electron chi connectivity index (χ0n) is 12.0. The molecule has 0 saturated carbocycles. The minimum Gasteiger partial charge on any atom is -0.495 e. The molecule has 0 aliphatic carbocycles. The Hall–Kier alpha value is -1.57. The molecule has 0 radical (unpaired) electrons. The molecule has 0 fully saturated rings. The fourth-order valence-corrected chi connectivity index (χ4v) is 4.38. The monoisotopic (exact) mass is 327 g/mol. The number of aryl methyl sites for hydroxylation is 2. The number of hydrogen-bond acceptors (Lipinski definition) is 5. The summed E-state index contributed by atoms with van der Waals surface area (Å²) >= 11 is 1.06. The Kier molecular flexibility index (Phi) is 4.55. The number of methoxy groups -OCH3 is 1. The summed E-state index contributed by atoms with van der Waals surface area (Å²) in [6.45, 7) is 3.48. The number of benzene rings is 1. The van der Waals surface area contributed by atoms with Gasteiger partial charge in [-0.2, -0.15) is 0 Å². The van der Waals surface area contributed by atoms with Crippen LogP contribution in [-0.4, -0.2) is 20.6 Å². The van der Waals surface area contributed by atoms with Crippen molar-refractivity contribution in [1.82, 2.24) is 0 Å². The van der Waals surface area contributed by atoms with E-state index < -0.39 is 10.0 Å². The molecule has 7 heteroatoms. The molecule has 0 aliphatic heterocycles. The third-order valence-corrected chi connectivity index (χ3v) is 6.07. The van der Waals surface area contributed by atoms with Crippen molar-refractivity contribution >= 4 is 27.0 Å². The van der Waals surface area contributed by atoms with Crippen LogP contribution in [-0.2, 0) is 16.6 Å². The van der Waals surface area contributed by atoms with Crippen LogP contribution in [0.25, 0.3) is 0 Å². The SMILES string of the molecule is COc1ccc(C)cc1NS(=O)(=O)c1cc(C)c(CO)s1. The van der Waals surface area contributed by atoms with Gasteiger partial charge in [0.2, 0.25) is 0 Å². The minimum atomic E-state index is -3.70. The highest BCUT2D eigenvalue weighted by Crippen LogP contribution is 2.31. The topological polar surface area (TPSA) is 75.6 Å². The summed E-state index contributed by atoms with van der Waals surface area (Å²) < 4.78 is 32.7. The Bertz CT molecular complexity index is 750. The van der Waals surface area contributed by atoms with E-state index in [2.05, 4.69) is 4.72 Å². The van der Waals surface area contributed by atoms with Crippen LogP contribution in [0.3, 0.4) is 0 Å². The number of rotatable bonds is 5. The molecule has 0 bridgehead atoms. The van der Waals surface area contributed by atoms with E-state index in [4.69, 9.17) is 4.74 Å². The fourth-order valence-electron chi connectivity index (χ4n) is 1.87. The van der Waals surface area contributed by atoms with Gasteiger partial charge in [-0.15, -0.1) is 11.3 Å². The molecular formula is C14H17NO4S2. The van der Waals surface area contributed by atoms with Crippen molar-refractivity contribution in [2.45, 2.75) is 24.7 Å². The molecule has 0 aliphatic rings. The van der Waals surface area contributed by atoms with Crippen molar-refractivity contribution in [2.24, 2.45) is 0 Å². The van der Waals surface area contributed by atoms with E-state index in [9.17, 15) is 13.5 Å². The van der Waals surface area contributed by atoms with E-state index in [1.165, 1.54) is 7.11 Å². The molecule has 0 atom stereocenters. The van der Waals surface area contributed by atoms with Crippen molar-refractivity contribution in [3.05, 3.63) is 40.3 Å². The van der Waals surface area contributed by atoms with E-state index in [-0.39, 0.29) is 10.8 Å². The number of aliphatic hydroxyl groups is 1. The first-order valence-electron chi connectivity index (χ1n) is 6.25. The van der Waals surface area contributed by atoms with Gasteiger partial charge in [0.25, 0.3) is 10.0 Å². The van der Waals surface area contributed by atoms with Crippen LogP contribution in [0.15, 0.2) is 28.5 Å².